The van der Waals surface area contributed by atoms with Gasteiger partial charge >= 0.3 is 0 Å². The Morgan fingerprint density at radius 2 is 2.11 bits per heavy atom. The van der Waals surface area contributed by atoms with Crippen molar-refractivity contribution in [1.82, 2.24) is 0 Å². The lowest BCUT2D eigenvalue weighted by atomic mass is 9.91. The van der Waals surface area contributed by atoms with E-state index in [9.17, 15) is 4.91 Å². The first-order chi connectivity index (χ1) is 8.54. The maximum Gasteiger partial charge on any atom is 0.102 e. The summed E-state index contributed by atoms with van der Waals surface area (Å²) in [6.45, 7) is 8.11. The van der Waals surface area contributed by atoms with Gasteiger partial charge < -0.3 is 4.74 Å². The maximum absolute atomic E-state index is 10.8. The Morgan fingerprint density at radius 3 is 2.67 bits per heavy atom. The van der Waals surface area contributed by atoms with Crippen molar-refractivity contribution >= 4 is 0 Å². The number of rotatable bonds is 8. The van der Waals surface area contributed by atoms with Crippen LogP contribution in [-0.4, -0.2) is 17.7 Å². The zero-order valence-corrected chi connectivity index (χ0v) is 11.9. The molecule has 4 atom stereocenters. The third-order valence-electron chi connectivity index (χ3n) is 3.66. The summed E-state index contributed by atoms with van der Waals surface area (Å²) < 4.78 is 5.64. The highest BCUT2D eigenvalue weighted by atomic mass is 16.6. The molecule has 0 N–H and O–H groups in total. The number of hydrogen-bond acceptors (Lipinski definition) is 3. The smallest absolute Gasteiger partial charge is 0.102 e. The molecule has 4 unspecified atom stereocenters. The van der Waals surface area contributed by atoms with E-state index in [1.807, 2.05) is 32.9 Å². The average molecular weight is 251 g/mol. The Bertz CT molecular complexity index is 324. The van der Waals surface area contributed by atoms with Crippen LogP contribution in [0.1, 0.15) is 47.0 Å². The van der Waals surface area contributed by atoms with Gasteiger partial charge in [0, 0.05) is 6.42 Å². The third-order valence-corrected chi connectivity index (χ3v) is 3.66. The van der Waals surface area contributed by atoms with Crippen molar-refractivity contribution < 1.29 is 4.74 Å². The zero-order chi connectivity index (χ0) is 13.6. The van der Waals surface area contributed by atoms with Crippen LogP contribution in [0.4, 0.5) is 0 Å². The number of allylic oxidation sites excluding steroid dienone is 4. The number of hydrogen-bond donors (Lipinski definition) is 0. The molecular formula is C15H25NO2. The summed E-state index contributed by atoms with van der Waals surface area (Å²) in [6.07, 6.45) is 11.4. The Kier molecular flexibility index (Phi) is 5.73. The second kappa shape index (κ2) is 6.83. The zero-order valence-electron chi connectivity index (χ0n) is 11.9. The first kappa shape index (κ1) is 15.1. The van der Waals surface area contributed by atoms with Crippen molar-refractivity contribution in [3.63, 3.8) is 0 Å². The molecule has 0 aromatic carbocycles. The molecule has 0 radical (unpaired) electrons. The molecule has 1 aliphatic rings. The largest absolute Gasteiger partial charge is 0.369 e. The standard InChI is InChI=1S/C15H25NO2/c1-5-7-8-9-12(3)10-13-14(18-13)11-15(4,6-2)16-17/h5,7-9,12-14H,6,10-11H2,1-4H3/b7-5-,9-8+. The summed E-state index contributed by atoms with van der Waals surface area (Å²) in [5.41, 5.74) is -0.455. The fraction of sp³-hybridized carbons (Fsp3) is 0.733. The van der Waals surface area contributed by atoms with Crippen molar-refractivity contribution in [1.29, 1.82) is 0 Å². The van der Waals surface area contributed by atoms with E-state index in [1.165, 1.54) is 0 Å². The van der Waals surface area contributed by atoms with Crippen molar-refractivity contribution in [2.24, 2.45) is 11.1 Å². The lowest BCUT2D eigenvalue weighted by Gasteiger charge is -2.17. The number of nitrogens with zero attached hydrogens (tertiary/aromatic N) is 1. The van der Waals surface area contributed by atoms with Crippen LogP contribution >= 0.6 is 0 Å². The van der Waals surface area contributed by atoms with E-state index in [0.29, 0.717) is 12.0 Å². The summed E-state index contributed by atoms with van der Waals surface area (Å²) in [6, 6.07) is 0. The summed E-state index contributed by atoms with van der Waals surface area (Å²) in [5.74, 6) is 0.508. The van der Waals surface area contributed by atoms with E-state index < -0.39 is 5.54 Å². The number of nitroso groups, excluding NO2 is 1. The van der Waals surface area contributed by atoms with Crippen molar-refractivity contribution in [3.05, 3.63) is 29.2 Å². The lowest BCUT2D eigenvalue weighted by molar-refractivity contribution is 0.310. The van der Waals surface area contributed by atoms with Gasteiger partial charge in [0.2, 0.25) is 0 Å². The number of epoxide rings is 1. The summed E-state index contributed by atoms with van der Waals surface area (Å²) in [7, 11) is 0. The first-order valence-electron chi connectivity index (χ1n) is 6.84. The minimum Gasteiger partial charge on any atom is -0.369 e. The maximum atomic E-state index is 10.8. The molecular weight excluding hydrogens is 226 g/mol. The Morgan fingerprint density at radius 1 is 1.39 bits per heavy atom. The fourth-order valence-corrected chi connectivity index (χ4v) is 2.06. The predicted molar refractivity (Wildman–Crippen MR) is 75.5 cm³/mol. The SMILES string of the molecule is C/C=C\C=C\C(C)CC1OC1CC(C)(CC)N=O. The van der Waals surface area contributed by atoms with Gasteiger partial charge in [-0.1, -0.05) is 43.3 Å². The second-order valence-electron chi connectivity index (χ2n) is 5.48. The molecule has 1 saturated heterocycles. The molecule has 0 amide bonds. The highest BCUT2D eigenvalue weighted by molar-refractivity contribution is 5.04. The Balaban J connectivity index is 2.31. The van der Waals surface area contributed by atoms with Crippen LogP contribution in [-0.2, 0) is 4.74 Å². The van der Waals surface area contributed by atoms with Gasteiger partial charge in [-0.05, 0) is 32.6 Å². The molecule has 1 heterocycles. The van der Waals surface area contributed by atoms with E-state index in [-0.39, 0.29) is 6.10 Å². The molecule has 3 heteroatoms. The van der Waals surface area contributed by atoms with Gasteiger partial charge in [0.05, 0.1) is 12.2 Å². The minimum atomic E-state index is -0.455. The van der Waals surface area contributed by atoms with E-state index in [4.69, 9.17) is 4.74 Å². The van der Waals surface area contributed by atoms with Crippen LogP contribution in [0.2, 0.25) is 0 Å². The highest BCUT2D eigenvalue weighted by Gasteiger charge is 2.43. The minimum absolute atomic E-state index is 0.227. The molecule has 3 nitrogen and oxygen atoms in total. The van der Waals surface area contributed by atoms with Crippen LogP contribution in [0.5, 0.6) is 0 Å². The van der Waals surface area contributed by atoms with E-state index in [0.717, 1.165) is 19.3 Å². The predicted octanol–water partition coefficient (Wildman–Crippen LogP) is 4.24. The monoisotopic (exact) mass is 251 g/mol. The third kappa shape index (κ3) is 4.73. The normalized spacial score (nSPS) is 28.4. The van der Waals surface area contributed by atoms with Gasteiger partial charge in [-0.25, -0.2) is 0 Å². The van der Waals surface area contributed by atoms with Crippen molar-refractivity contribution in [2.45, 2.75) is 64.7 Å². The van der Waals surface area contributed by atoms with Gasteiger partial charge in [-0.15, -0.1) is 0 Å². The summed E-state index contributed by atoms with van der Waals surface area (Å²) in [5, 5.41) is 3.24. The van der Waals surface area contributed by atoms with Crippen LogP contribution in [0.25, 0.3) is 0 Å². The van der Waals surface area contributed by atoms with Crippen LogP contribution < -0.4 is 0 Å². The average Bonchev–Trinajstić information content (AvgIpc) is 3.07. The highest BCUT2D eigenvalue weighted by Crippen LogP contribution is 2.37. The molecule has 0 aromatic rings. The summed E-state index contributed by atoms with van der Waals surface area (Å²) >= 11 is 0. The van der Waals surface area contributed by atoms with Gasteiger partial charge in [-0.3, -0.25) is 0 Å². The lowest BCUT2D eigenvalue weighted by Crippen LogP contribution is -2.23. The summed E-state index contributed by atoms with van der Waals surface area (Å²) in [4.78, 5) is 10.8. The fourth-order valence-electron chi connectivity index (χ4n) is 2.06. The molecule has 1 fully saturated rings. The topological polar surface area (TPSA) is 42.0 Å². The molecule has 102 valence electrons. The van der Waals surface area contributed by atoms with E-state index >= 15 is 0 Å². The quantitative estimate of drug-likeness (QED) is 0.368. The van der Waals surface area contributed by atoms with Crippen LogP contribution in [0, 0.1) is 10.8 Å². The molecule has 0 saturated carbocycles. The molecule has 1 rings (SSSR count). The van der Waals surface area contributed by atoms with Gasteiger partial charge in [-0.2, -0.15) is 4.91 Å². The Labute approximate surface area is 110 Å². The van der Waals surface area contributed by atoms with Gasteiger partial charge in [0.1, 0.15) is 5.54 Å². The molecule has 0 aliphatic carbocycles. The first-order valence-corrected chi connectivity index (χ1v) is 6.84. The number of ether oxygens (including phenoxy) is 1. The van der Waals surface area contributed by atoms with Crippen LogP contribution in [0.3, 0.4) is 0 Å². The van der Waals surface area contributed by atoms with Gasteiger partial charge in [0.25, 0.3) is 0 Å². The Hall–Kier alpha value is -0.960. The van der Waals surface area contributed by atoms with Crippen molar-refractivity contribution in [3.8, 4) is 0 Å². The molecule has 0 aromatic heterocycles. The van der Waals surface area contributed by atoms with Gasteiger partial charge in [0.15, 0.2) is 0 Å². The van der Waals surface area contributed by atoms with E-state index in [2.05, 4.69) is 24.3 Å². The van der Waals surface area contributed by atoms with E-state index in [1.54, 1.807) is 0 Å². The molecule has 0 bridgehead atoms. The molecule has 0 spiro atoms. The van der Waals surface area contributed by atoms with Crippen molar-refractivity contribution in [2.75, 3.05) is 0 Å². The molecule has 1 aliphatic heterocycles. The molecule has 18 heavy (non-hydrogen) atoms. The van der Waals surface area contributed by atoms with Crippen LogP contribution in [0.15, 0.2) is 29.5 Å². The second-order valence-corrected chi connectivity index (χ2v) is 5.48.